The quantitative estimate of drug-likeness (QED) is 0.314. The number of imidazole rings is 1. The smallest absolute Gasteiger partial charge is 0.335 e. The molecular weight excluding hydrogens is 543 g/mol. The molecule has 41 heavy (non-hydrogen) atoms. The van der Waals surface area contributed by atoms with Crippen LogP contribution in [0.15, 0.2) is 82.9 Å². The molecule has 2 aromatic heterocycles. The second-order valence-electron chi connectivity index (χ2n) is 9.10. The van der Waals surface area contributed by atoms with Crippen LogP contribution in [0.4, 0.5) is 13.2 Å². The predicted octanol–water partition coefficient (Wildman–Crippen LogP) is 2.72. The van der Waals surface area contributed by atoms with Gasteiger partial charge in [0.05, 0.1) is 28.6 Å². The average Bonchev–Trinajstić information content (AvgIpc) is 3.47. The summed E-state index contributed by atoms with van der Waals surface area (Å²) in [4.78, 5) is 54.5. The van der Waals surface area contributed by atoms with Gasteiger partial charge in [0.15, 0.2) is 0 Å². The van der Waals surface area contributed by atoms with Crippen molar-refractivity contribution < 1.29 is 27.9 Å². The number of halogens is 3. The number of carbonyl (C=O) groups excluding carboxylic acids is 1. The second kappa shape index (κ2) is 10.6. The van der Waals surface area contributed by atoms with Gasteiger partial charge in [0, 0.05) is 25.9 Å². The van der Waals surface area contributed by atoms with Gasteiger partial charge >= 0.3 is 11.7 Å². The third-order valence-corrected chi connectivity index (χ3v) is 6.55. The standard InChI is InChI=1S/C28H20F3N5O5/c1-34-22-13-23(35-10-9-32-14-35)20(31)12-17(22)26(38)36(28(34)41)16-7-5-15(6-8-16)11-21(27(39)40)33-25(37)24-18(29)3-2-4-19(24)30/h2-10,12-14,21H,11H2,1H3,(H,33,37)(H,39,40)/t21-/m0/s1. The van der Waals surface area contributed by atoms with E-state index < -0.39 is 52.2 Å². The largest absolute Gasteiger partial charge is 0.480 e. The zero-order valence-electron chi connectivity index (χ0n) is 21.2. The van der Waals surface area contributed by atoms with E-state index in [9.17, 15) is 37.5 Å². The minimum absolute atomic E-state index is 0.0495. The minimum Gasteiger partial charge on any atom is -0.480 e. The highest BCUT2D eigenvalue weighted by molar-refractivity contribution is 5.97. The van der Waals surface area contributed by atoms with Crippen LogP contribution in [0.25, 0.3) is 22.3 Å². The molecule has 0 fully saturated rings. The lowest BCUT2D eigenvalue weighted by atomic mass is 10.0. The number of aryl methyl sites for hydroxylation is 1. The molecule has 13 heteroatoms. The summed E-state index contributed by atoms with van der Waals surface area (Å²) in [6.45, 7) is 0. The second-order valence-corrected chi connectivity index (χ2v) is 9.10. The molecule has 1 atom stereocenters. The van der Waals surface area contributed by atoms with Gasteiger partial charge in [-0.25, -0.2) is 32.3 Å². The van der Waals surface area contributed by atoms with Crippen LogP contribution in [0.5, 0.6) is 0 Å². The highest BCUT2D eigenvalue weighted by atomic mass is 19.1. The van der Waals surface area contributed by atoms with Crippen LogP contribution < -0.4 is 16.6 Å². The Balaban J connectivity index is 1.45. The van der Waals surface area contributed by atoms with E-state index in [1.807, 2.05) is 0 Å². The number of hydrogen-bond donors (Lipinski definition) is 2. The number of benzene rings is 3. The van der Waals surface area contributed by atoms with E-state index in [2.05, 4.69) is 10.3 Å². The third-order valence-electron chi connectivity index (χ3n) is 6.55. The van der Waals surface area contributed by atoms with Crippen molar-refractivity contribution >= 4 is 22.8 Å². The molecule has 0 bridgehead atoms. The number of aromatic nitrogens is 4. The fraction of sp³-hybridized carbons (Fsp3) is 0.107. The maximum atomic E-state index is 14.9. The third kappa shape index (κ3) is 5.00. The number of aliphatic carboxylic acids is 1. The number of rotatable bonds is 7. The van der Waals surface area contributed by atoms with Gasteiger partial charge in [-0.15, -0.1) is 0 Å². The first-order valence-electron chi connectivity index (χ1n) is 12.1. The summed E-state index contributed by atoms with van der Waals surface area (Å²) < 4.78 is 46.3. The summed E-state index contributed by atoms with van der Waals surface area (Å²) in [6.07, 6.45) is 4.08. The summed E-state index contributed by atoms with van der Waals surface area (Å²) in [6, 6.07) is 9.31. The maximum Gasteiger partial charge on any atom is 0.335 e. The number of carboxylic acid groups (broad SMARTS) is 1. The van der Waals surface area contributed by atoms with E-state index in [0.717, 1.165) is 28.8 Å². The van der Waals surface area contributed by atoms with Crippen molar-refractivity contribution in [3.63, 3.8) is 0 Å². The highest BCUT2D eigenvalue weighted by Gasteiger charge is 2.25. The average molecular weight is 563 g/mol. The van der Waals surface area contributed by atoms with Gasteiger partial charge in [-0.05, 0) is 42.0 Å². The van der Waals surface area contributed by atoms with Crippen molar-refractivity contribution in [3.05, 3.63) is 123 Å². The molecule has 0 aliphatic carbocycles. The molecule has 0 spiro atoms. The zero-order valence-corrected chi connectivity index (χ0v) is 21.2. The van der Waals surface area contributed by atoms with E-state index in [-0.39, 0.29) is 28.7 Å². The Bertz CT molecular complexity index is 1910. The lowest BCUT2D eigenvalue weighted by Crippen LogP contribution is -2.43. The molecule has 5 aromatic rings. The lowest BCUT2D eigenvalue weighted by molar-refractivity contribution is -0.139. The molecule has 0 radical (unpaired) electrons. The molecule has 5 rings (SSSR count). The Kier molecular flexibility index (Phi) is 7.01. The molecule has 0 saturated carbocycles. The molecule has 3 aromatic carbocycles. The molecule has 208 valence electrons. The molecule has 0 unspecified atom stereocenters. The van der Waals surface area contributed by atoms with E-state index >= 15 is 0 Å². The fourth-order valence-corrected chi connectivity index (χ4v) is 4.45. The van der Waals surface area contributed by atoms with Crippen molar-refractivity contribution in [2.24, 2.45) is 7.05 Å². The number of nitrogens with zero attached hydrogens (tertiary/aromatic N) is 4. The lowest BCUT2D eigenvalue weighted by Gasteiger charge is -2.16. The molecule has 2 heterocycles. The topological polar surface area (TPSA) is 128 Å². The van der Waals surface area contributed by atoms with E-state index in [1.54, 1.807) is 0 Å². The summed E-state index contributed by atoms with van der Waals surface area (Å²) in [5, 5.41) is 11.6. The SMILES string of the molecule is Cn1c(=O)n(-c2ccc(C[C@H](NC(=O)c3c(F)cccc3F)C(=O)O)cc2)c(=O)c2cc(F)c(-n3ccnc3)cc21. The predicted molar refractivity (Wildman–Crippen MR) is 141 cm³/mol. The van der Waals surface area contributed by atoms with Crippen molar-refractivity contribution in [2.45, 2.75) is 12.5 Å². The van der Waals surface area contributed by atoms with Gasteiger partial charge in [0.25, 0.3) is 11.5 Å². The molecule has 0 saturated heterocycles. The Morgan fingerprint density at radius 1 is 1.00 bits per heavy atom. The van der Waals surface area contributed by atoms with Crippen LogP contribution in [0.2, 0.25) is 0 Å². The summed E-state index contributed by atoms with van der Waals surface area (Å²) >= 11 is 0. The van der Waals surface area contributed by atoms with E-state index in [1.165, 1.54) is 65.2 Å². The van der Waals surface area contributed by atoms with Crippen LogP contribution in [-0.4, -0.2) is 41.7 Å². The van der Waals surface area contributed by atoms with Crippen molar-refractivity contribution in [1.29, 1.82) is 0 Å². The Labute approximate surface area is 228 Å². The molecule has 2 N–H and O–H groups in total. The molecule has 0 aliphatic heterocycles. The first-order valence-corrected chi connectivity index (χ1v) is 12.1. The van der Waals surface area contributed by atoms with Crippen LogP contribution in [0.3, 0.4) is 0 Å². The normalized spacial score (nSPS) is 11.9. The van der Waals surface area contributed by atoms with Crippen molar-refractivity contribution in [3.8, 4) is 11.4 Å². The number of amides is 1. The van der Waals surface area contributed by atoms with Gasteiger partial charge in [0.2, 0.25) is 0 Å². The molecule has 10 nitrogen and oxygen atoms in total. The summed E-state index contributed by atoms with van der Waals surface area (Å²) in [7, 11) is 1.43. The Morgan fingerprint density at radius 3 is 2.29 bits per heavy atom. The monoisotopic (exact) mass is 563 g/mol. The van der Waals surface area contributed by atoms with Gasteiger partial charge < -0.3 is 15.0 Å². The van der Waals surface area contributed by atoms with Crippen molar-refractivity contribution in [2.75, 3.05) is 0 Å². The maximum absolute atomic E-state index is 14.9. The van der Waals surface area contributed by atoms with Crippen LogP contribution in [0.1, 0.15) is 15.9 Å². The van der Waals surface area contributed by atoms with Crippen LogP contribution >= 0.6 is 0 Å². The number of carboxylic acids is 1. The van der Waals surface area contributed by atoms with Crippen LogP contribution in [0, 0.1) is 17.5 Å². The zero-order chi connectivity index (χ0) is 29.4. The highest BCUT2D eigenvalue weighted by Crippen LogP contribution is 2.20. The first kappa shape index (κ1) is 27.1. The molecule has 0 aliphatic rings. The van der Waals surface area contributed by atoms with Gasteiger partial charge in [-0.2, -0.15) is 0 Å². The molecule has 1 amide bonds. The number of carbonyl (C=O) groups is 2. The van der Waals surface area contributed by atoms with Gasteiger partial charge in [-0.1, -0.05) is 18.2 Å². The number of hydrogen-bond acceptors (Lipinski definition) is 5. The fourth-order valence-electron chi connectivity index (χ4n) is 4.45. The van der Waals surface area contributed by atoms with Gasteiger partial charge in [-0.3, -0.25) is 14.2 Å². The van der Waals surface area contributed by atoms with E-state index in [0.29, 0.717) is 5.56 Å². The number of fused-ring (bicyclic) bond motifs is 1. The summed E-state index contributed by atoms with van der Waals surface area (Å²) in [5.41, 5.74) is -1.58. The van der Waals surface area contributed by atoms with E-state index in [4.69, 9.17) is 0 Å². The van der Waals surface area contributed by atoms with Gasteiger partial charge in [0.1, 0.15) is 29.1 Å². The number of nitrogens with one attached hydrogen (secondary N) is 1. The first-order chi connectivity index (χ1) is 19.6. The summed E-state index contributed by atoms with van der Waals surface area (Å²) in [5.74, 6) is -5.67. The van der Waals surface area contributed by atoms with Crippen molar-refractivity contribution in [1.82, 2.24) is 24.0 Å². The Hall–Kier alpha value is -5.46. The molecular formula is C28H20F3N5O5. The Morgan fingerprint density at radius 2 is 1.68 bits per heavy atom. The minimum atomic E-state index is -1.55. The van der Waals surface area contributed by atoms with Crippen LogP contribution in [-0.2, 0) is 18.3 Å².